The molecule has 0 N–H and O–H groups in total. The Balaban J connectivity index is 1.35. The second-order valence-corrected chi connectivity index (χ2v) is 11.5. The lowest BCUT2D eigenvalue weighted by Crippen LogP contribution is -2.27. The summed E-state index contributed by atoms with van der Waals surface area (Å²) in [5, 5.41) is 0. The van der Waals surface area contributed by atoms with Gasteiger partial charge < -0.3 is 14.2 Å². The Bertz CT molecular complexity index is 1300. The van der Waals surface area contributed by atoms with E-state index in [0.29, 0.717) is 40.5 Å². The van der Waals surface area contributed by atoms with Crippen LogP contribution in [0.15, 0.2) is 77.7 Å². The van der Waals surface area contributed by atoms with Crippen LogP contribution >= 0.6 is 24.0 Å². The minimum Gasteiger partial charge on any atom is -0.493 e. The van der Waals surface area contributed by atoms with E-state index in [2.05, 4.69) is 32.9 Å². The van der Waals surface area contributed by atoms with Crippen molar-refractivity contribution in [1.29, 1.82) is 0 Å². The Hall–Kier alpha value is -3.29. The molecule has 3 aromatic rings. The van der Waals surface area contributed by atoms with Crippen molar-refractivity contribution in [2.75, 3.05) is 24.7 Å². The van der Waals surface area contributed by atoms with Crippen LogP contribution in [0.5, 0.6) is 17.2 Å². The Morgan fingerprint density at radius 2 is 1.61 bits per heavy atom. The molecule has 0 aromatic heterocycles. The van der Waals surface area contributed by atoms with Crippen LogP contribution in [-0.2, 0) is 10.2 Å². The van der Waals surface area contributed by atoms with Crippen LogP contribution in [0.1, 0.15) is 45.2 Å². The van der Waals surface area contributed by atoms with Gasteiger partial charge in [0, 0.05) is 6.42 Å². The van der Waals surface area contributed by atoms with Crippen molar-refractivity contribution in [3.8, 4) is 17.2 Å². The summed E-state index contributed by atoms with van der Waals surface area (Å²) in [4.78, 5) is 15.2. The molecule has 0 radical (unpaired) electrons. The minimum atomic E-state index is -0.127. The van der Waals surface area contributed by atoms with E-state index in [-0.39, 0.29) is 11.3 Å². The number of thiocarbonyl (C=S) groups is 1. The highest BCUT2D eigenvalue weighted by molar-refractivity contribution is 8.27. The molecule has 4 rings (SSSR count). The Kier molecular flexibility index (Phi) is 9.13. The molecule has 0 spiro atoms. The third-order valence-corrected chi connectivity index (χ3v) is 7.21. The van der Waals surface area contributed by atoms with Gasteiger partial charge in [-0.1, -0.05) is 81.1 Å². The molecular formula is C31H33NO4S2. The van der Waals surface area contributed by atoms with E-state index in [1.807, 2.05) is 73.7 Å². The molecule has 1 aliphatic rings. The summed E-state index contributed by atoms with van der Waals surface area (Å²) < 4.78 is 18.2. The van der Waals surface area contributed by atoms with Gasteiger partial charge in [-0.05, 0) is 65.9 Å². The molecule has 0 atom stereocenters. The van der Waals surface area contributed by atoms with Gasteiger partial charge in [-0.15, -0.1) is 0 Å². The molecule has 1 heterocycles. The lowest BCUT2D eigenvalue weighted by atomic mass is 9.87. The first-order valence-electron chi connectivity index (χ1n) is 12.7. The summed E-state index contributed by atoms with van der Waals surface area (Å²) >= 11 is 6.77. The van der Waals surface area contributed by atoms with Crippen molar-refractivity contribution in [3.63, 3.8) is 0 Å². The molecule has 1 saturated heterocycles. The largest absolute Gasteiger partial charge is 0.493 e. The van der Waals surface area contributed by atoms with Gasteiger partial charge in [0.25, 0.3) is 5.91 Å². The molecule has 7 heteroatoms. The average molecular weight is 548 g/mol. The molecule has 198 valence electrons. The maximum absolute atomic E-state index is 13.0. The Labute approximate surface area is 234 Å². The number of para-hydroxylation sites is 1. The maximum atomic E-state index is 13.0. The summed E-state index contributed by atoms with van der Waals surface area (Å²) in [6, 6.07) is 23.4. The number of amides is 1. The van der Waals surface area contributed by atoms with E-state index < -0.39 is 0 Å². The van der Waals surface area contributed by atoms with Crippen molar-refractivity contribution < 1.29 is 19.0 Å². The fourth-order valence-corrected chi connectivity index (χ4v) is 5.20. The third kappa shape index (κ3) is 6.97. The molecular weight excluding hydrogens is 514 g/mol. The van der Waals surface area contributed by atoms with Gasteiger partial charge in [-0.25, -0.2) is 0 Å². The molecule has 0 bridgehead atoms. The first kappa shape index (κ1) is 27.7. The molecule has 0 aliphatic carbocycles. The number of carbonyl (C=O) groups is 1. The number of thioether (sulfide) groups is 1. The molecule has 0 unspecified atom stereocenters. The minimum absolute atomic E-state index is 0.122. The number of benzene rings is 3. The van der Waals surface area contributed by atoms with E-state index in [1.165, 1.54) is 17.3 Å². The van der Waals surface area contributed by atoms with E-state index >= 15 is 0 Å². The fraction of sp³-hybridized carbons (Fsp3) is 0.290. The van der Waals surface area contributed by atoms with Gasteiger partial charge in [0.1, 0.15) is 5.75 Å². The normalized spacial score (nSPS) is 14.7. The van der Waals surface area contributed by atoms with Crippen LogP contribution in [0.25, 0.3) is 6.08 Å². The van der Waals surface area contributed by atoms with Crippen LogP contribution in [0.3, 0.4) is 0 Å². The zero-order valence-corrected chi connectivity index (χ0v) is 23.9. The Morgan fingerprint density at radius 1 is 0.895 bits per heavy atom. The summed E-state index contributed by atoms with van der Waals surface area (Å²) in [5.74, 6) is 2.03. The smallest absolute Gasteiger partial charge is 0.270 e. The van der Waals surface area contributed by atoms with Crippen molar-refractivity contribution in [3.05, 3.63) is 88.8 Å². The van der Waals surface area contributed by atoms with E-state index in [0.717, 1.165) is 23.4 Å². The number of hydrogen-bond donors (Lipinski definition) is 0. The van der Waals surface area contributed by atoms with Crippen LogP contribution < -0.4 is 19.1 Å². The molecule has 3 aromatic carbocycles. The average Bonchev–Trinajstić information content (AvgIpc) is 3.17. The van der Waals surface area contributed by atoms with Gasteiger partial charge in [0.2, 0.25) is 0 Å². The maximum Gasteiger partial charge on any atom is 0.270 e. The van der Waals surface area contributed by atoms with Crippen molar-refractivity contribution in [2.45, 2.75) is 39.5 Å². The van der Waals surface area contributed by atoms with Gasteiger partial charge in [-0.3, -0.25) is 9.69 Å². The summed E-state index contributed by atoms with van der Waals surface area (Å²) in [6.07, 6.45) is 2.57. The number of carbonyl (C=O) groups excluding carboxylic acids is 1. The highest BCUT2D eigenvalue weighted by Crippen LogP contribution is 2.37. The highest BCUT2D eigenvalue weighted by atomic mass is 32.2. The molecule has 5 nitrogen and oxygen atoms in total. The van der Waals surface area contributed by atoms with Crippen LogP contribution in [0.2, 0.25) is 0 Å². The number of hydrogen-bond acceptors (Lipinski definition) is 6. The number of ether oxygens (including phenoxy) is 3. The number of anilines is 1. The van der Waals surface area contributed by atoms with Gasteiger partial charge in [0.05, 0.1) is 30.4 Å². The standard InChI is InChI=1S/C31H33NO4S2/c1-5-34-27-20-22(21-28-29(33)32(30(37)38-28)24-10-7-6-8-11-24)12-17-26(27)36-19-9-18-35-25-15-13-23(14-16-25)31(2,3)4/h6-8,10-17,20-21H,5,9,18-19H2,1-4H3. The summed E-state index contributed by atoms with van der Waals surface area (Å²) in [6.45, 7) is 10.1. The van der Waals surface area contributed by atoms with Crippen LogP contribution in [-0.4, -0.2) is 30.0 Å². The van der Waals surface area contributed by atoms with Crippen LogP contribution in [0, 0.1) is 0 Å². The lowest BCUT2D eigenvalue weighted by Gasteiger charge is -2.19. The zero-order valence-electron chi connectivity index (χ0n) is 22.2. The van der Waals surface area contributed by atoms with Gasteiger partial charge in [-0.2, -0.15) is 0 Å². The molecule has 0 saturated carbocycles. The zero-order chi connectivity index (χ0) is 27.1. The lowest BCUT2D eigenvalue weighted by molar-refractivity contribution is -0.113. The first-order valence-corrected chi connectivity index (χ1v) is 13.9. The SMILES string of the molecule is CCOc1cc(C=C2SC(=S)N(c3ccccc3)C2=O)ccc1OCCCOc1ccc(C(C)(C)C)cc1. The molecule has 1 fully saturated rings. The predicted octanol–water partition coefficient (Wildman–Crippen LogP) is 7.64. The molecule has 38 heavy (non-hydrogen) atoms. The van der Waals surface area contributed by atoms with Crippen molar-refractivity contribution in [1.82, 2.24) is 0 Å². The second-order valence-electron chi connectivity index (χ2n) is 9.82. The first-order chi connectivity index (χ1) is 18.3. The third-order valence-electron chi connectivity index (χ3n) is 5.91. The summed E-state index contributed by atoms with van der Waals surface area (Å²) in [7, 11) is 0. The number of nitrogens with zero attached hydrogens (tertiary/aromatic N) is 1. The fourth-order valence-electron chi connectivity index (χ4n) is 3.90. The van der Waals surface area contributed by atoms with Gasteiger partial charge in [0.15, 0.2) is 15.8 Å². The second kappa shape index (κ2) is 12.5. The summed E-state index contributed by atoms with van der Waals surface area (Å²) in [5.41, 5.74) is 3.01. The van der Waals surface area contributed by atoms with Gasteiger partial charge >= 0.3 is 0 Å². The van der Waals surface area contributed by atoms with E-state index in [9.17, 15) is 4.79 Å². The topological polar surface area (TPSA) is 48.0 Å². The Morgan fingerprint density at radius 3 is 2.29 bits per heavy atom. The predicted molar refractivity (Wildman–Crippen MR) is 160 cm³/mol. The van der Waals surface area contributed by atoms with E-state index in [4.69, 9.17) is 26.4 Å². The monoisotopic (exact) mass is 547 g/mol. The van der Waals surface area contributed by atoms with Crippen molar-refractivity contribution >= 4 is 46.0 Å². The van der Waals surface area contributed by atoms with Crippen LogP contribution in [0.4, 0.5) is 5.69 Å². The number of rotatable bonds is 10. The molecule has 1 aliphatic heterocycles. The van der Waals surface area contributed by atoms with E-state index in [1.54, 1.807) is 4.90 Å². The van der Waals surface area contributed by atoms with Crippen molar-refractivity contribution in [2.24, 2.45) is 0 Å². The quantitative estimate of drug-likeness (QED) is 0.148. The highest BCUT2D eigenvalue weighted by Gasteiger charge is 2.33. The molecule has 1 amide bonds.